The first-order valence-electron chi connectivity index (χ1n) is 6.12. The van der Waals surface area contributed by atoms with E-state index in [1.54, 1.807) is 0 Å². The highest BCUT2D eigenvalue weighted by molar-refractivity contribution is 6.00. The molecular weight excluding hydrogens is 220 g/mol. The summed E-state index contributed by atoms with van der Waals surface area (Å²) in [6.07, 6.45) is 1.07. The van der Waals surface area contributed by atoms with Crippen molar-refractivity contribution in [3.05, 3.63) is 0 Å². The summed E-state index contributed by atoms with van der Waals surface area (Å²) < 4.78 is 0. The molecule has 5 nitrogen and oxygen atoms in total. The van der Waals surface area contributed by atoms with E-state index in [4.69, 9.17) is 5.11 Å². The molecule has 1 atom stereocenters. The fourth-order valence-electron chi connectivity index (χ4n) is 1.92. The van der Waals surface area contributed by atoms with Gasteiger partial charge in [0.25, 0.3) is 0 Å². The first kappa shape index (κ1) is 14.0. The van der Waals surface area contributed by atoms with Crippen molar-refractivity contribution in [1.82, 2.24) is 10.2 Å². The molecule has 1 heterocycles. The SMILES string of the molecule is CCN1CCC(CNC(=O)C(C)(C)C(=O)O)C1. The van der Waals surface area contributed by atoms with Gasteiger partial charge in [0.05, 0.1) is 0 Å². The van der Waals surface area contributed by atoms with Crippen LogP contribution >= 0.6 is 0 Å². The molecule has 0 spiro atoms. The number of amides is 1. The van der Waals surface area contributed by atoms with Crippen LogP contribution in [0.1, 0.15) is 27.2 Å². The van der Waals surface area contributed by atoms with Gasteiger partial charge in [-0.25, -0.2) is 0 Å². The topological polar surface area (TPSA) is 69.6 Å². The zero-order valence-electron chi connectivity index (χ0n) is 10.8. The molecule has 0 bridgehead atoms. The minimum Gasteiger partial charge on any atom is -0.480 e. The molecule has 1 rings (SSSR count). The quantitative estimate of drug-likeness (QED) is 0.691. The summed E-state index contributed by atoms with van der Waals surface area (Å²) in [5.41, 5.74) is -1.34. The molecule has 1 unspecified atom stereocenters. The first-order chi connectivity index (χ1) is 7.87. The van der Waals surface area contributed by atoms with Crippen LogP contribution in [0.25, 0.3) is 0 Å². The van der Waals surface area contributed by atoms with Gasteiger partial charge in [0.2, 0.25) is 5.91 Å². The number of nitrogens with zero attached hydrogens (tertiary/aromatic N) is 1. The summed E-state index contributed by atoms with van der Waals surface area (Å²) in [4.78, 5) is 24.9. The molecule has 0 aromatic rings. The third-order valence-corrected chi connectivity index (χ3v) is 3.47. The molecule has 5 heteroatoms. The number of hydrogen-bond donors (Lipinski definition) is 2. The van der Waals surface area contributed by atoms with Crippen LogP contribution in [-0.2, 0) is 9.59 Å². The van der Waals surface area contributed by atoms with Crippen LogP contribution in [0, 0.1) is 11.3 Å². The van der Waals surface area contributed by atoms with Crippen LogP contribution < -0.4 is 5.32 Å². The molecule has 0 aromatic heterocycles. The van der Waals surface area contributed by atoms with Crippen molar-refractivity contribution in [3.8, 4) is 0 Å². The fraction of sp³-hybridized carbons (Fsp3) is 0.833. The number of likely N-dealkylation sites (tertiary alicyclic amines) is 1. The molecule has 0 aliphatic carbocycles. The van der Waals surface area contributed by atoms with E-state index in [2.05, 4.69) is 17.1 Å². The normalized spacial score (nSPS) is 21.5. The first-order valence-corrected chi connectivity index (χ1v) is 6.12. The molecule has 1 aliphatic rings. The fourth-order valence-corrected chi connectivity index (χ4v) is 1.92. The third-order valence-electron chi connectivity index (χ3n) is 3.47. The van der Waals surface area contributed by atoms with Gasteiger partial charge in [0.1, 0.15) is 5.41 Å². The van der Waals surface area contributed by atoms with Gasteiger partial charge in [0.15, 0.2) is 0 Å². The van der Waals surface area contributed by atoms with Gasteiger partial charge in [-0.15, -0.1) is 0 Å². The summed E-state index contributed by atoms with van der Waals surface area (Å²) in [6.45, 7) is 8.64. The number of carboxylic acids is 1. The summed E-state index contributed by atoms with van der Waals surface area (Å²) in [6, 6.07) is 0. The maximum Gasteiger partial charge on any atom is 0.318 e. The number of rotatable bonds is 5. The van der Waals surface area contributed by atoms with Crippen molar-refractivity contribution in [2.75, 3.05) is 26.2 Å². The Morgan fingerprint density at radius 3 is 2.59 bits per heavy atom. The van der Waals surface area contributed by atoms with Crippen molar-refractivity contribution in [1.29, 1.82) is 0 Å². The largest absolute Gasteiger partial charge is 0.480 e. The van der Waals surface area contributed by atoms with E-state index < -0.39 is 17.3 Å². The molecule has 98 valence electrons. The molecule has 0 saturated carbocycles. The summed E-state index contributed by atoms with van der Waals surface area (Å²) >= 11 is 0. The average Bonchev–Trinajstić information content (AvgIpc) is 2.73. The number of aliphatic carboxylic acids is 1. The Hall–Kier alpha value is -1.10. The number of nitrogens with one attached hydrogen (secondary N) is 1. The van der Waals surface area contributed by atoms with Crippen molar-refractivity contribution in [2.45, 2.75) is 27.2 Å². The van der Waals surface area contributed by atoms with E-state index in [1.165, 1.54) is 13.8 Å². The minimum atomic E-state index is -1.34. The lowest BCUT2D eigenvalue weighted by atomic mass is 9.92. The smallest absolute Gasteiger partial charge is 0.318 e. The Labute approximate surface area is 102 Å². The highest BCUT2D eigenvalue weighted by atomic mass is 16.4. The lowest BCUT2D eigenvalue weighted by Crippen LogP contribution is -2.44. The van der Waals surface area contributed by atoms with E-state index in [-0.39, 0.29) is 0 Å². The van der Waals surface area contributed by atoms with Crippen LogP contribution in [0.15, 0.2) is 0 Å². The molecule has 1 saturated heterocycles. The van der Waals surface area contributed by atoms with Gasteiger partial charge in [0, 0.05) is 13.1 Å². The Kier molecular flexibility index (Phi) is 4.51. The number of carbonyl (C=O) groups excluding carboxylic acids is 1. The predicted octanol–water partition coefficient (Wildman–Crippen LogP) is 0.555. The second-order valence-corrected chi connectivity index (χ2v) is 5.19. The third kappa shape index (κ3) is 3.43. The molecule has 17 heavy (non-hydrogen) atoms. The zero-order valence-corrected chi connectivity index (χ0v) is 10.8. The van der Waals surface area contributed by atoms with Gasteiger partial charge in [-0.3, -0.25) is 9.59 Å². The molecule has 2 N–H and O–H groups in total. The van der Waals surface area contributed by atoms with E-state index >= 15 is 0 Å². The van der Waals surface area contributed by atoms with Gasteiger partial charge >= 0.3 is 5.97 Å². The summed E-state index contributed by atoms with van der Waals surface area (Å²) in [5, 5.41) is 11.7. The van der Waals surface area contributed by atoms with Crippen molar-refractivity contribution in [2.24, 2.45) is 11.3 Å². The number of carbonyl (C=O) groups is 2. The molecule has 0 radical (unpaired) electrons. The highest BCUT2D eigenvalue weighted by Crippen LogP contribution is 2.17. The number of carboxylic acid groups (broad SMARTS) is 1. The Balaban J connectivity index is 2.37. The Morgan fingerprint density at radius 1 is 1.47 bits per heavy atom. The van der Waals surface area contributed by atoms with Gasteiger partial charge in [-0.05, 0) is 39.3 Å². The monoisotopic (exact) mass is 242 g/mol. The van der Waals surface area contributed by atoms with Crippen LogP contribution in [0.5, 0.6) is 0 Å². The average molecular weight is 242 g/mol. The maximum atomic E-state index is 11.7. The van der Waals surface area contributed by atoms with Crippen LogP contribution in [0.3, 0.4) is 0 Å². The molecule has 0 aromatic carbocycles. The molecule has 1 amide bonds. The van der Waals surface area contributed by atoms with Crippen LogP contribution in [0.4, 0.5) is 0 Å². The van der Waals surface area contributed by atoms with E-state index in [9.17, 15) is 9.59 Å². The summed E-state index contributed by atoms with van der Waals surface area (Å²) in [7, 11) is 0. The van der Waals surface area contributed by atoms with Gasteiger partial charge in [-0.1, -0.05) is 6.92 Å². The van der Waals surface area contributed by atoms with Gasteiger partial charge in [-0.2, -0.15) is 0 Å². The minimum absolute atomic E-state index is 0.403. The molecule has 1 fully saturated rings. The standard InChI is InChI=1S/C12H22N2O3/c1-4-14-6-5-9(8-14)7-13-10(15)12(2,3)11(16)17/h9H,4-8H2,1-3H3,(H,13,15)(H,16,17). The second-order valence-electron chi connectivity index (χ2n) is 5.19. The maximum absolute atomic E-state index is 11.7. The lowest BCUT2D eigenvalue weighted by molar-refractivity contribution is -0.153. The Morgan fingerprint density at radius 2 is 2.12 bits per heavy atom. The van der Waals surface area contributed by atoms with E-state index in [0.717, 1.165) is 26.1 Å². The molecule has 1 aliphatic heterocycles. The van der Waals surface area contributed by atoms with Crippen molar-refractivity contribution in [3.63, 3.8) is 0 Å². The number of hydrogen-bond acceptors (Lipinski definition) is 3. The van der Waals surface area contributed by atoms with Crippen LogP contribution in [-0.4, -0.2) is 48.1 Å². The molecular formula is C12H22N2O3. The summed E-state index contributed by atoms with van der Waals surface area (Å²) in [5.74, 6) is -1.04. The van der Waals surface area contributed by atoms with Gasteiger partial charge < -0.3 is 15.3 Å². The van der Waals surface area contributed by atoms with Crippen molar-refractivity contribution >= 4 is 11.9 Å². The zero-order chi connectivity index (χ0) is 13.1. The second kappa shape index (κ2) is 5.49. The predicted molar refractivity (Wildman–Crippen MR) is 64.6 cm³/mol. The van der Waals surface area contributed by atoms with E-state index in [0.29, 0.717) is 12.5 Å². The van der Waals surface area contributed by atoms with E-state index in [1.807, 2.05) is 0 Å². The van der Waals surface area contributed by atoms with Crippen molar-refractivity contribution < 1.29 is 14.7 Å². The lowest BCUT2D eigenvalue weighted by Gasteiger charge is -2.20. The Bertz CT molecular complexity index is 302. The van der Waals surface area contributed by atoms with Crippen LogP contribution in [0.2, 0.25) is 0 Å². The highest BCUT2D eigenvalue weighted by Gasteiger charge is 2.36.